The van der Waals surface area contributed by atoms with E-state index in [1.54, 1.807) is 13.8 Å². The molecule has 0 fully saturated rings. The van der Waals surface area contributed by atoms with Crippen LogP contribution >= 0.6 is 47.3 Å². The van der Waals surface area contributed by atoms with Crippen LogP contribution in [-0.2, 0) is 56.5 Å². The molecule has 0 aliphatic rings. The molecule has 0 saturated carbocycles. The van der Waals surface area contributed by atoms with Crippen LogP contribution in [0.4, 0.5) is 0 Å². The van der Waals surface area contributed by atoms with Gasteiger partial charge in [0.15, 0.2) is 0 Å². The number of halogens is 3. The second kappa shape index (κ2) is 17.9. The van der Waals surface area contributed by atoms with Gasteiger partial charge in [-0.2, -0.15) is 0 Å². The second-order valence-corrected chi connectivity index (χ2v) is 15.4. The molecule has 17 nitrogen and oxygen atoms in total. The van der Waals surface area contributed by atoms with Gasteiger partial charge in [0.2, 0.25) is 11.4 Å². The van der Waals surface area contributed by atoms with Crippen molar-refractivity contribution >= 4 is 84.6 Å². The van der Waals surface area contributed by atoms with Crippen molar-refractivity contribution < 1.29 is 32.6 Å². The molecule has 4 aromatic heterocycles. The Balaban J connectivity index is 0.000000296. The number of aromatic amines is 1. The largest absolute Gasteiger partial charge is 0.468 e. The van der Waals surface area contributed by atoms with E-state index in [4.69, 9.17) is 13.6 Å². The van der Waals surface area contributed by atoms with Crippen LogP contribution in [0.25, 0.3) is 22.2 Å². The normalized spacial score (nSPS) is 10.5. The summed E-state index contributed by atoms with van der Waals surface area (Å²) in [5, 5.41) is 0.142. The molecule has 0 aromatic carbocycles. The number of nitrogens with zero attached hydrogens (tertiary/aromatic N) is 3. The number of esters is 2. The molecule has 21 heteroatoms. The predicted molar refractivity (Wildman–Crippen MR) is 181 cm³/mol. The molecule has 4 aromatic rings. The molecule has 0 spiro atoms. The number of rotatable bonds is 8. The van der Waals surface area contributed by atoms with E-state index < -0.39 is 58.8 Å². The Morgan fingerprint density at radius 1 is 0.766 bits per heavy atom. The van der Waals surface area contributed by atoms with Gasteiger partial charge in [0.05, 0.1) is 14.2 Å². The number of hydrogen-bond donors (Lipinski definition) is 1. The van der Waals surface area contributed by atoms with E-state index in [2.05, 4.69) is 61.7 Å². The molecule has 0 amide bonds. The van der Waals surface area contributed by atoms with Gasteiger partial charge in [-0.25, -0.2) is 32.9 Å². The summed E-state index contributed by atoms with van der Waals surface area (Å²) in [6.45, 7) is 2.21. The summed E-state index contributed by atoms with van der Waals surface area (Å²) in [6.07, 6.45) is 0.780. The number of methoxy groups -OCH3 is 3. The number of H-pyrrole nitrogens is 1. The second-order valence-electron chi connectivity index (χ2n) is 9.01. The fourth-order valence-corrected chi connectivity index (χ4v) is 4.13. The van der Waals surface area contributed by atoms with Crippen molar-refractivity contribution in [1.82, 2.24) is 18.7 Å². The van der Waals surface area contributed by atoms with Crippen molar-refractivity contribution in [2.45, 2.75) is 46.5 Å². The van der Waals surface area contributed by atoms with Crippen molar-refractivity contribution in [3.8, 4) is 0 Å². The van der Waals surface area contributed by atoms with E-state index in [0.29, 0.717) is 28.5 Å². The minimum absolute atomic E-state index is 0.0626. The number of carbonyl (C=O) groups is 2. The molecule has 0 unspecified atom stereocenters. The highest BCUT2D eigenvalue weighted by Crippen LogP contribution is 2.13. The van der Waals surface area contributed by atoms with Gasteiger partial charge >= 0.3 is 37.8 Å². The van der Waals surface area contributed by atoms with Gasteiger partial charge in [0.1, 0.15) is 30.6 Å². The van der Waals surface area contributed by atoms with Crippen LogP contribution in [0, 0.1) is 0 Å². The number of hydrogen-bond acceptors (Lipinski definition) is 13. The van der Waals surface area contributed by atoms with Crippen LogP contribution in [0.5, 0.6) is 0 Å². The van der Waals surface area contributed by atoms with Crippen LogP contribution in [0.3, 0.4) is 0 Å². The SMILES string of the molecule is BrB(Br)Br.CCc1cc(=O)oc2[nH]c(=O)n(CC(=O)OC)c(=O)c12.CCc1cc(=O)oc2c1c(=O)n(CC(=O)OC)c(=O)n2COC. The van der Waals surface area contributed by atoms with E-state index in [9.17, 15) is 38.4 Å². The molecule has 1 N–H and O–H groups in total. The number of nitrogens with one attached hydrogen (secondary N) is 1. The number of carbonyl (C=O) groups excluding carboxylic acids is 2. The minimum atomic E-state index is -0.843. The lowest BCUT2D eigenvalue weighted by molar-refractivity contribution is -0.142. The summed E-state index contributed by atoms with van der Waals surface area (Å²) in [5.41, 5.74) is -3.92. The fourth-order valence-electron chi connectivity index (χ4n) is 4.13. The van der Waals surface area contributed by atoms with Crippen LogP contribution in [0.15, 0.2) is 49.7 Å². The van der Waals surface area contributed by atoms with Gasteiger partial charge in [-0.1, -0.05) is 13.8 Å². The maximum absolute atomic E-state index is 12.6. The topological polar surface area (TPSA) is 221 Å². The Morgan fingerprint density at radius 3 is 1.72 bits per heavy atom. The van der Waals surface area contributed by atoms with Gasteiger partial charge < -0.3 is 23.0 Å². The van der Waals surface area contributed by atoms with Crippen molar-refractivity contribution in [2.75, 3.05) is 21.3 Å². The number of fused-ring (bicyclic) bond motifs is 2. The van der Waals surface area contributed by atoms with E-state index >= 15 is 0 Å². The van der Waals surface area contributed by atoms with E-state index in [1.165, 1.54) is 19.2 Å². The smallest absolute Gasteiger partial charge is 0.369 e. The van der Waals surface area contributed by atoms with Crippen molar-refractivity contribution in [3.63, 3.8) is 0 Å². The molecule has 0 saturated heterocycles. The Hall–Kier alpha value is -3.82. The summed E-state index contributed by atoms with van der Waals surface area (Å²) in [4.78, 5) is 97.0. The van der Waals surface area contributed by atoms with Gasteiger partial charge in [0.25, 0.3) is 11.1 Å². The molecule has 4 heterocycles. The molecule has 47 heavy (non-hydrogen) atoms. The van der Waals surface area contributed by atoms with Gasteiger partial charge in [-0.05, 0) is 24.0 Å². The molecule has 4 rings (SSSR count). The highest BCUT2D eigenvalue weighted by molar-refractivity contribution is 9.69. The Labute approximate surface area is 288 Å². The lowest BCUT2D eigenvalue weighted by Gasteiger charge is -2.12. The summed E-state index contributed by atoms with van der Waals surface area (Å²) in [7, 11) is 3.65. The summed E-state index contributed by atoms with van der Waals surface area (Å²) in [5.74, 6) is -1.48. The molecule has 0 aliphatic heterocycles. The Morgan fingerprint density at radius 2 is 1.23 bits per heavy atom. The average molecular weight is 855 g/mol. The highest BCUT2D eigenvalue weighted by atomic mass is 79.9. The highest BCUT2D eigenvalue weighted by Gasteiger charge is 2.20. The predicted octanol–water partition coefficient (Wildman–Crippen LogP) is 0.990. The van der Waals surface area contributed by atoms with Crippen LogP contribution in [0.1, 0.15) is 25.0 Å². The zero-order valence-corrected chi connectivity index (χ0v) is 30.3. The maximum Gasteiger partial charge on any atom is 0.369 e. The lowest BCUT2D eigenvalue weighted by atomic mass is 10.1. The van der Waals surface area contributed by atoms with Gasteiger partial charge in [-0.15, -0.1) is 47.3 Å². The van der Waals surface area contributed by atoms with Crippen LogP contribution in [-0.4, -0.2) is 55.1 Å². The molecule has 0 atom stereocenters. The first-order valence-corrected chi connectivity index (χ1v) is 16.0. The summed E-state index contributed by atoms with van der Waals surface area (Å²) < 4.78 is 26.4. The Kier molecular flexibility index (Phi) is 15.0. The molecular formula is C26H28BBr3N4O13. The molecule has 0 bridgehead atoms. The standard InChI is InChI=1S/C14H16N2O7.C12H12N2O6.BBr3/c1-4-8-5-9(17)23-13-11(8)12(19)15(6-10(18)22-3)14(20)16(13)7-21-2;1-3-6-4-7(15)20-10-9(6)11(17)14(12(18)13-10)5-8(16)19-2;2-1(3)4/h5H,4,6-7H2,1-3H3;4H,3,5H2,1-2H3,(H,13,18);. The number of aryl methyl sites for hydroxylation is 2. The number of ether oxygens (including phenoxy) is 3. The zero-order valence-electron chi connectivity index (χ0n) is 25.6. The Bertz CT molecular complexity index is 2130. The van der Waals surface area contributed by atoms with Gasteiger partial charge in [-0.3, -0.25) is 24.2 Å². The third-order valence-corrected chi connectivity index (χ3v) is 6.21. The molecule has 254 valence electrons. The molecule has 0 radical (unpaired) electrons. The van der Waals surface area contributed by atoms with Gasteiger partial charge in [0, 0.05) is 19.2 Å². The quantitative estimate of drug-likeness (QED) is 0.193. The third-order valence-electron chi connectivity index (χ3n) is 6.21. The molecular weight excluding hydrogens is 827 g/mol. The van der Waals surface area contributed by atoms with Crippen LogP contribution < -0.4 is 33.7 Å². The van der Waals surface area contributed by atoms with Crippen molar-refractivity contribution in [2.24, 2.45) is 0 Å². The van der Waals surface area contributed by atoms with Crippen molar-refractivity contribution in [3.05, 3.63) is 85.8 Å². The molecule has 0 aliphatic carbocycles. The first-order chi connectivity index (χ1) is 22.1. The first kappa shape index (κ1) is 39.4. The summed E-state index contributed by atoms with van der Waals surface area (Å²) in [6, 6.07) is 2.37. The third kappa shape index (κ3) is 9.84. The van der Waals surface area contributed by atoms with E-state index in [1.807, 2.05) is 0 Å². The number of aromatic nitrogens is 4. The van der Waals surface area contributed by atoms with Crippen molar-refractivity contribution in [1.29, 1.82) is 0 Å². The maximum atomic E-state index is 12.6. The zero-order chi connectivity index (χ0) is 35.6. The minimum Gasteiger partial charge on any atom is -0.468 e. The first-order valence-electron chi connectivity index (χ1n) is 13.3. The average Bonchev–Trinajstić information content (AvgIpc) is 3.01. The van der Waals surface area contributed by atoms with E-state index in [0.717, 1.165) is 23.4 Å². The fraction of sp³-hybridized carbons (Fsp3) is 0.385. The summed E-state index contributed by atoms with van der Waals surface area (Å²) >= 11 is 9.31. The monoisotopic (exact) mass is 852 g/mol. The van der Waals surface area contributed by atoms with Crippen LogP contribution in [0.2, 0.25) is 0 Å². The lowest BCUT2D eigenvalue weighted by Crippen LogP contribution is -2.42. The van der Waals surface area contributed by atoms with E-state index in [-0.39, 0.29) is 32.1 Å².